The summed E-state index contributed by atoms with van der Waals surface area (Å²) in [5, 5.41) is 3.36. The Hall–Kier alpha value is -1.65. The lowest BCUT2D eigenvalue weighted by atomic mass is 10.2. The topological polar surface area (TPSA) is 41.3 Å². The van der Waals surface area contributed by atoms with Crippen molar-refractivity contribution in [3.63, 3.8) is 0 Å². The summed E-state index contributed by atoms with van der Waals surface area (Å²) in [5.41, 5.74) is 9.07. The van der Waals surface area contributed by atoms with Crippen molar-refractivity contribution in [2.75, 3.05) is 25.1 Å². The Bertz CT molecular complexity index is 526. The van der Waals surface area contributed by atoms with Gasteiger partial charge in [0.15, 0.2) is 0 Å². The number of nitrogens with zero attached hydrogens (tertiary/aromatic N) is 1. The van der Waals surface area contributed by atoms with Crippen LogP contribution < -0.4 is 11.1 Å². The van der Waals surface area contributed by atoms with Gasteiger partial charge in [0, 0.05) is 11.4 Å². The highest BCUT2D eigenvalue weighted by Gasteiger charge is 2.02. The molecule has 0 aromatic heterocycles. The van der Waals surface area contributed by atoms with E-state index >= 15 is 0 Å². The number of rotatable bonds is 5. The van der Waals surface area contributed by atoms with Crippen LogP contribution in [-0.4, -0.2) is 18.4 Å². The van der Waals surface area contributed by atoms with E-state index in [0.29, 0.717) is 0 Å². The first-order valence-corrected chi connectivity index (χ1v) is 6.95. The zero-order valence-corrected chi connectivity index (χ0v) is 12.1. The van der Waals surface area contributed by atoms with Crippen molar-refractivity contribution in [1.82, 2.24) is 4.31 Å². The van der Waals surface area contributed by atoms with Gasteiger partial charge in [0.05, 0.1) is 11.4 Å². The minimum absolute atomic E-state index is 0.780. The molecular weight excluding hydrogens is 254 g/mol. The van der Waals surface area contributed by atoms with E-state index < -0.39 is 0 Å². The Labute approximate surface area is 118 Å². The molecule has 0 saturated heterocycles. The number of anilines is 2. The number of nitrogen functional groups attached to an aromatic ring is 1. The molecule has 2 aromatic rings. The quantitative estimate of drug-likeness (QED) is 0.647. The van der Waals surface area contributed by atoms with Crippen LogP contribution in [0.3, 0.4) is 0 Å². The van der Waals surface area contributed by atoms with Crippen LogP contribution in [0.1, 0.15) is 5.56 Å². The highest BCUT2D eigenvalue weighted by Crippen LogP contribution is 2.27. The van der Waals surface area contributed by atoms with Crippen LogP contribution in [0.15, 0.2) is 53.4 Å². The molecule has 0 heterocycles. The van der Waals surface area contributed by atoms with Gasteiger partial charge >= 0.3 is 0 Å². The fourth-order valence-corrected chi connectivity index (χ4v) is 2.49. The van der Waals surface area contributed by atoms with E-state index in [9.17, 15) is 0 Å². The van der Waals surface area contributed by atoms with Gasteiger partial charge in [0.25, 0.3) is 0 Å². The number of nitrogens with two attached hydrogens (primary N) is 1. The summed E-state index contributed by atoms with van der Waals surface area (Å²) in [7, 11) is 4.03. The molecule has 100 valence electrons. The van der Waals surface area contributed by atoms with Crippen molar-refractivity contribution >= 4 is 23.3 Å². The van der Waals surface area contributed by atoms with Crippen molar-refractivity contribution in [1.29, 1.82) is 0 Å². The molecule has 2 aromatic carbocycles. The fraction of sp³-hybridized carbons (Fsp3) is 0.200. The molecule has 0 spiro atoms. The lowest BCUT2D eigenvalue weighted by Gasteiger charge is -2.13. The molecule has 0 bridgehead atoms. The summed E-state index contributed by atoms with van der Waals surface area (Å²) in [6, 6.07) is 16.4. The molecule has 0 unspecified atom stereocenters. The first kappa shape index (κ1) is 13.8. The zero-order chi connectivity index (χ0) is 13.7. The third-order valence-electron chi connectivity index (χ3n) is 2.64. The van der Waals surface area contributed by atoms with Crippen molar-refractivity contribution in [2.45, 2.75) is 11.4 Å². The van der Waals surface area contributed by atoms with Gasteiger partial charge in [-0.05, 0) is 49.8 Å². The third-order valence-corrected chi connectivity index (χ3v) is 3.47. The number of hydrogen-bond donors (Lipinski definition) is 2. The van der Waals surface area contributed by atoms with Gasteiger partial charge in [-0.15, -0.1) is 0 Å². The lowest BCUT2D eigenvalue weighted by molar-refractivity contribution is 0.703. The first-order chi connectivity index (χ1) is 9.15. The van der Waals surface area contributed by atoms with E-state index in [1.807, 2.05) is 48.7 Å². The van der Waals surface area contributed by atoms with E-state index in [1.165, 1.54) is 5.56 Å². The second-order valence-corrected chi connectivity index (χ2v) is 5.88. The lowest BCUT2D eigenvalue weighted by Crippen LogP contribution is -2.03. The average molecular weight is 273 g/mol. The number of hydrogen-bond acceptors (Lipinski definition) is 4. The molecule has 4 heteroatoms. The van der Waals surface area contributed by atoms with Gasteiger partial charge in [-0.2, -0.15) is 0 Å². The molecule has 3 N–H and O–H groups in total. The molecular formula is C15H19N3S. The SMILES string of the molecule is CN(C)Sc1ccc(NCc2ccccc2)c(N)c1. The van der Waals surface area contributed by atoms with Crippen molar-refractivity contribution in [3.8, 4) is 0 Å². The van der Waals surface area contributed by atoms with Crippen LogP contribution in [0.5, 0.6) is 0 Å². The van der Waals surface area contributed by atoms with Gasteiger partial charge in [0.2, 0.25) is 0 Å². The maximum atomic E-state index is 6.07. The second kappa shape index (κ2) is 6.50. The molecule has 19 heavy (non-hydrogen) atoms. The molecule has 2 rings (SSSR count). The molecule has 0 radical (unpaired) electrons. The fourth-order valence-electron chi connectivity index (χ4n) is 1.76. The molecule has 0 amide bonds. The monoisotopic (exact) mass is 273 g/mol. The van der Waals surface area contributed by atoms with Gasteiger partial charge in [-0.25, -0.2) is 0 Å². The summed E-state index contributed by atoms with van der Waals surface area (Å²) < 4.78 is 2.05. The van der Waals surface area contributed by atoms with Crippen molar-refractivity contribution in [2.24, 2.45) is 0 Å². The second-order valence-electron chi connectivity index (χ2n) is 4.49. The number of benzene rings is 2. The van der Waals surface area contributed by atoms with Gasteiger partial charge in [0.1, 0.15) is 0 Å². The summed E-state index contributed by atoms with van der Waals surface area (Å²) in [5.74, 6) is 0. The van der Waals surface area contributed by atoms with E-state index in [2.05, 4.69) is 23.5 Å². The Morgan fingerprint density at radius 2 is 1.84 bits per heavy atom. The Kier molecular flexibility index (Phi) is 4.71. The van der Waals surface area contributed by atoms with E-state index in [0.717, 1.165) is 22.8 Å². The van der Waals surface area contributed by atoms with Crippen LogP contribution in [0.25, 0.3) is 0 Å². The Morgan fingerprint density at radius 1 is 1.11 bits per heavy atom. The van der Waals surface area contributed by atoms with E-state index in [-0.39, 0.29) is 0 Å². The van der Waals surface area contributed by atoms with Crippen LogP contribution in [0.4, 0.5) is 11.4 Å². The van der Waals surface area contributed by atoms with Crippen LogP contribution in [0, 0.1) is 0 Å². The zero-order valence-electron chi connectivity index (χ0n) is 11.3. The van der Waals surface area contributed by atoms with Crippen molar-refractivity contribution in [3.05, 3.63) is 54.1 Å². The standard InChI is InChI=1S/C15H19N3S/c1-18(2)19-13-8-9-15(14(16)10-13)17-11-12-6-4-3-5-7-12/h3-10,17H,11,16H2,1-2H3. The molecule has 0 fully saturated rings. The Morgan fingerprint density at radius 3 is 2.47 bits per heavy atom. The minimum Gasteiger partial charge on any atom is -0.397 e. The third kappa shape index (κ3) is 4.19. The maximum absolute atomic E-state index is 6.07. The summed E-state index contributed by atoms with van der Waals surface area (Å²) in [4.78, 5) is 1.15. The average Bonchev–Trinajstić information content (AvgIpc) is 2.38. The smallest absolute Gasteiger partial charge is 0.0577 e. The van der Waals surface area contributed by atoms with Crippen molar-refractivity contribution < 1.29 is 0 Å². The predicted molar refractivity (Wildman–Crippen MR) is 84.2 cm³/mol. The Balaban J connectivity index is 2.01. The predicted octanol–water partition coefficient (Wildman–Crippen LogP) is 3.45. The molecule has 3 nitrogen and oxygen atoms in total. The summed E-state index contributed by atoms with van der Waals surface area (Å²) in [6.07, 6.45) is 0. The highest BCUT2D eigenvalue weighted by atomic mass is 32.2. The minimum atomic E-state index is 0.780. The maximum Gasteiger partial charge on any atom is 0.0577 e. The molecule has 0 aliphatic carbocycles. The molecule has 0 saturated carbocycles. The van der Waals surface area contributed by atoms with E-state index in [1.54, 1.807) is 11.9 Å². The normalized spacial score (nSPS) is 10.7. The first-order valence-electron chi connectivity index (χ1n) is 6.18. The van der Waals surface area contributed by atoms with Crippen LogP contribution in [0.2, 0.25) is 0 Å². The summed E-state index contributed by atoms with van der Waals surface area (Å²) in [6.45, 7) is 0.783. The molecule has 0 aliphatic rings. The number of nitrogens with one attached hydrogen (secondary N) is 1. The van der Waals surface area contributed by atoms with E-state index in [4.69, 9.17) is 5.73 Å². The van der Waals surface area contributed by atoms with Gasteiger partial charge in [-0.3, -0.25) is 4.31 Å². The molecule has 0 atom stereocenters. The largest absolute Gasteiger partial charge is 0.397 e. The molecule has 0 aliphatic heterocycles. The van der Waals surface area contributed by atoms with Crippen LogP contribution in [-0.2, 0) is 6.54 Å². The van der Waals surface area contributed by atoms with Gasteiger partial charge in [-0.1, -0.05) is 30.3 Å². The summed E-state index contributed by atoms with van der Waals surface area (Å²) >= 11 is 1.66. The highest BCUT2D eigenvalue weighted by molar-refractivity contribution is 7.97. The van der Waals surface area contributed by atoms with Crippen LogP contribution >= 0.6 is 11.9 Å². The van der Waals surface area contributed by atoms with Gasteiger partial charge < -0.3 is 11.1 Å².